The monoisotopic (exact) mass is 193 g/mol. The lowest BCUT2D eigenvalue weighted by Crippen LogP contribution is -2.31. The third-order valence-corrected chi connectivity index (χ3v) is 2.56. The second kappa shape index (κ2) is 5.60. The summed E-state index contributed by atoms with van der Waals surface area (Å²) in [7, 11) is 0. The van der Waals surface area contributed by atoms with Gasteiger partial charge in [-0.25, -0.2) is 0 Å². The zero-order valence-electron chi connectivity index (χ0n) is 8.96. The van der Waals surface area contributed by atoms with Crippen LogP contribution in [-0.2, 0) is 6.54 Å². The Morgan fingerprint density at radius 1 is 1.64 bits per heavy atom. The van der Waals surface area contributed by atoms with Gasteiger partial charge in [0.15, 0.2) is 0 Å². The molecule has 14 heavy (non-hydrogen) atoms. The Balaban J connectivity index is 2.27. The molecule has 1 heterocycles. The molecule has 0 fully saturated rings. The fourth-order valence-electron chi connectivity index (χ4n) is 1.32. The average Bonchev–Trinajstić information content (AvgIpc) is 2.67. The highest BCUT2D eigenvalue weighted by molar-refractivity contribution is 4.97. The van der Waals surface area contributed by atoms with Crippen LogP contribution >= 0.6 is 0 Å². The number of aromatic nitrogens is 2. The van der Waals surface area contributed by atoms with Gasteiger partial charge >= 0.3 is 0 Å². The molecular formula is C11H19N3. The summed E-state index contributed by atoms with van der Waals surface area (Å²) in [5.41, 5.74) is 1.13. The maximum absolute atomic E-state index is 3.90. The topological polar surface area (TPSA) is 40.7 Å². The van der Waals surface area contributed by atoms with Crippen LogP contribution in [0.2, 0.25) is 0 Å². The Labute approximate surface area is 85.6 Å². The number of rotatable bonds is 6. The van der Waals surface area contributed by atoms with Crippen molar-refractivity contribution in [2.45, 2.75) is 32.9 Å². The van der Waals surface area contributed by atoms with E-state index in [1.807, 2.05) is 12.1 Å². The highest BCUT2D eigenvalue weighted by Gasteiger charge is 2.09. The summed E-state index contributed by atoms with van der Waals surface area (Å²) in [6, 6.07) is 2.48. The lowest BCUT2D eigenvalue weighted by atomic mass is 10.00. The van der Waals surface area contributed by atoms with E-state index < -0.39 is 0 Å². The van der Waals surface area contributed by atoms with Crippen molar-refractivity contribution in [3.05, 3.63) is 30.6 Å². The molecule has 0 aliphatic heterocycles. The molecule has 2 unspecified atom stereocenters. The van der Waals surface area contributed by atoms with E-state index in [0.717, 1.165) is 18.7 Å². The fraction of sp³-hybridized carbons (Fsp3) is 0.545. The third-order valence-electron chi connectivity index (χ3n) is 2.56. The number of allylic oxidation sites excluding steroid dienone is 1. The van der Waals surface area contributed by atoms with Crippen LogP contribution in [-0.4, -0.2) is 16.2 Å². The number of H-pyrrole nitrogens is 1. The van der Waals surface area contributed by atoms with E-state index in [1.54, 1.807) is 6.20 Å². The largest absolute Gasteiger partial charge is 0.308 e. The quantitative estimate of drug-likeness (QED) is 0.679. The maximum atomic E-state index is 3.90. The molecule has 0 saturated heterocycles. The molecule has 0 saturated carbocycles. The Morgan fingerprint density at radius 3 is 3.00 bits per heavy atom. The molecule has 78 valence electrons. The lowest BCUT2D eigenvalue weighted by Gasteiger charge is -2.19. The predicted octanol–water partition coefficient (Wildman–Crippen LogP) is 2.10. The molecule has 2 atom stereocenters. The van der Waals surface area contributed by atoms with Crippen molar-refractivity contribution in [1.29, 1.82) is 0 Å². The predicted molar refractivity (Wildman–Crippen MR) is 58.9 cm³/mol. The van der Waals surface area contributed by atoms with Crippen molar-refractivity contribution < 1.29 is 0 Å². The van der Waals surface area contributed by atoms with Crippen molar-refractivity contribution in [3.63, 3.8) is 0 Å². The van der Waals surface area contributed by atoms with Crippen LogP contribution in [0.5, 0.6) is 0 Å². The summed E-state index contributed by atoms with van der Waals surface area (Å²) < 4.78 is 0. The van der Waals surface area contributed by atoms with Crippen LogP contribution in [0.25, 0.3) is 0 Å². The second-order valence-electron chi connectivity index (χ2n) is 3.75. The van der Waals surface area contributed by atoms with Gasteiger partial charge in [-0.15, -0.1) is 6.58 Å². The first kappa shape index (κ1) is 11.0. The zero-order valence-corrected chi connectivity index (χ0v) is 8.96. The summed E-state index contributed by atoms with van der Waals surface area (Å²) in [6.07, 6.45) is 4.80. The lowest BCUT2D eigenvalue weighted by molar-refractivity contribution is 0.400. The van der Waals surface area contributed by atoms with Gasteiger partial charge in [-0.1, -0.05) is 13.0 Å². The molecule has 1 aromatic heterocycles. The van der Waals surface area contributed by atoms with E-state index in [2.05, 4.69) is 35.9 Å². The third kappa shape index (κ3) is 3.34. The van der Waals surface area contributed by atoms with Gasteiger partial charge in [0.25, 0.3) is 0 Å². The Kier molecular flexibility index (Phi) is 4.40. The molecule has 0 aliphatic rings. The van der Waals surface area contributed by atoms with Gasteiger partial charge in [-0.2, -0.15) is 5.10 Å². The summed E-state index contributed by atoms with van der Waals surface area (Å²) in [5, 5.41) is 10.3. The number of nitrogens with zero attached hydrogens (tertiary/aromatic N) is 1. The van der Waals surface area contributed by atoms with Crippen LogP contribution in [0.1, 0.15) is 26.0 Å². The molecular weight excluding hydrogens is 174 g/mol. The van der Waals surface area contributed by atoms with Gasteiger partial charge < -0.3 is 5.32 Å². The first-order valence-electron chi connectivity index (χ1n) is 5.06. The van der Waals surface area contributed by atoms with Gasteiger partial charge in [0, 0.05) is 24.5 Å². The number of aromatic amines is 1. The summed E-state index contributed by atoms with van der Waals surface area (Å²) in [6.45, 7) is 9.03. The van der Waals surface area contributed by atoms with E-state index in [-0.39, 0.29) is 0 Å². The molecule has 0 amide bonds. The summed E-state index contributed by atoms with van der Waals surface area (Å²) in [5.74, 6) is 0.621. The number of hydrogen-bond acceptors (Lipinski definition) is 2. The Bertz CT molecular complexity index is 254. The van der Waals surface area contributed by atoms with Crippen molar-refractivity contribution in [3.8, 4) is 0 Å². The molecule has 3 heteroatoms. The van der Waals surface area contributed by atoms with E-state index in [9.17, 15) is 0 Å². The minimum Gasteiger partial charge on any atom is -0.308 e. The zero-order chi connectivity index (χ0) is 10.4. The molecule has 0 aromatic carbocycles. The Hall–Kier alpha value is -1.09. The van der Waals surface area contributed by atoms with Gasteiger partial charge in [0.1, 0.15) is 0 Å². The number of hydrogen-bond donors (Lipinski definition) is 2. The van der Waals surface area contributed by atoms with Crippen LogP contribution in [0.3, 0.4) is 0 Å². The van der Waals surface area contributed by atoms with E-state index in [1.165, 1.54) is 0 Å². The normalized spacial score (nSPS) is 15.0. The van der Waals surface area contributed by atoms with E-state index >= 15 is 0 Å². The summed E-state index contributed by atoms with van der Waals surface area (Å²) in [4.78, 5) is 0. The highest BCUT2D eigenvalue weighted by atomic mass is 15.1. The van der Waals surface area contributed by atoms with Crippen LogP contribution < -0.4 is 5.32 Å². The molecule has 0 spiro atoms. The van der Waals surface area contributed by atoms with Crippen LogP contribution in [0, 0.1) is 5.92 Å². The molecule has 1 aromatic rings. The molecule has 0 bridgehead atoms. The van der Waals surface area contributed by atoms with Crippen LogP contribution in [0.15, 0.2) is 24.9 Å². The van der Waals surface area contributed by atoms with Crippen molar-refractivity contribution >= 4 is 0 Å². The first-order valence-corrected chi connectivity index (χ1v) is 5.06. The SMILES string of the molecule is C=CCC(C)C(C)NCc1ccn[nH]1. The fourth-order valence-corrected chi connectivity index (χ4v) is 1.32. The average molecular weight is 193 g/mol. The maximum Gasteiger partial charge on any atom is 0.0490 e. The highest BCUT2D eigenvalue weighted by Crippen LogP contribution is 2.08. The molecule has 1 rings (SSSR count). The van der Waals surface area contributed by atoms with Crippen LogP contribution in [0.4, 0.5) is 0 Å². The van der Waals surface area contributed by atoms with Crippen molar-refractivity contribution in [1.82, 2.24) is 15.5 Å². The molecule has 3 nitrogen and oxygen atoms in total. The molecule has 0 radical (unpaired) electrons. The van der Waals surface area contributed by atoms with E-state index in [0.29, 0.717) is 12.0 Å². The van der Waals surface area contributed by atoms with Gasteiger partial charge in [-0.3, -0.25) is 5.10 Å². The van der Waals surface area contributed by atoms with Crippen molar-refractivity contribution in [2.24, 2.45) is 5.92 Å². The molecule has 2 N–H and O–H groups in total. The Morgan fingerprint density at radius 2 is 2.43 bits per heavy atom. The minimum atomic E-state index is 0.497. The molecule has 0 aliphatic carbocycles. The van der Waals surface area contributed by atoms with Crippen molar-refractivity contribution in [2.75, 3.05) is 0 Å². The smallest absolute Gasteiger partial charge is 0.0490 e. The first-order chi connectivity index (χ1) is 6.74. The minimum absolute atomic E-state index is 0.497. The summed E-state index contributed by atoms with van der Waals surface area (Å²) >= 11 is 0. The second-order valence-corrected chi connectivity index (χ2v) is 3.75. The van der Waals surface area contributed by atoms with Gasteiger partial charge in [0.2, 0.25) is 0 Å². The van der Waals surface area contributed by atoms with E-state index in [4.69, 9.17) is 0 Å². The van der Waals surface area contributed by atoms with Gasteiger partial charge in [-0.05, 0) is 25.3 Å². The van der Waals surface area contributed by atoms with Gasteiger partial charge in [0.05, 0.1) is 0 Å². The number of nitrogens with one attached hydrogen (secondary N) is 2. The standard InChI is InChI=1S/C11H19N3/c1-4-5-9(2)10(3)12-8-11-6-7-13-14-11/h4,6-7,9-10,12H,1,5,8H2,2-3H3,(H,13,14).